The number of hydrogen-bond acceptors (Lipinski definition) is 5. The van der Waals surface area contributed by atoms with E-state index in [4.69, 9.17) is 10.3 Å². The standard InChI is InChI=1S/C13H15FN4O/c14-9-4-1-3-8(7-9)12-17-13(19-18-12)11(15)10-5-2-6-16-10/h1,3-4,7,10-11,16H,2,5-6,15H2/t10-,11?/m0/s1. The fourth-order valence-corrected chi connectivity index (χ4v) is 2.31. The van der Waals surface area contributed by atoms with Crippen molar-refractivity contribution in [2.24, 2.45) is 5.73 Å². The fourth-order valence-electron chi connectivity index (χ4n) is 2.31. The lowest BCUT2D eigenvalue weighted by molar-refractivity contribution is 0.328. The Morgan fingerprint density at radius 3 is 3.11 bits per heavy atom. The molecule has 2 aromatic rings. The zero-order valence-corrected chi connectivity index (χ0v) is 10.3. The Kier molecular flexibility index (Phi) is 3.27. The highest BCUT2D eigenvalue weighted by Gasteiger charge is 2.27. The second-order valence-electron chi connectivity index (χ2n) is 4.70. The third kappa shape index (κ3) is 2.50. The average Bonchev–Trinajstić information content (AvgIpc) is 3.10. The van der Waals surface area contributed by atoms with Gasteiger partial charge in [-0.3, -0.25) is 0 Å². The second-order valence-corrected chi connectivity index (χ2v) is 4.70. The maximum absolute atomic E-state index is 13.1. The Hall–Kier alpha value is -1.79. The van der Waals surface area contributed by atoms with Crippen LogP contribution in [0.5, 0.6) is 0 Å². The first-order valence-corrected chi connectivity index (χ1v) is 6.32. The molecule has 0 bridgehead atoms. The first kappa shape index (κ1) is 12.3. The van der Waals surface area contributed by atoms with Crippen LogP contribution >= 0.6 is 0 Å². The first-order valence-electron chi connectivity index (χ1n) is 6.32. The number of nitrogens with one attached hydrogen (secondary N) is 1. The molecular weight excluding hydrogens is 247 g/mol. The lowest BCUT2D eigenvalue weighted by Crippen LogP contribution is -2.34. The van der Waals surface area contributed by atoms with E-state index in [9.17, 15) is 4.39 Å². The van der Waals surface area contributed by atoms with Crippen molar-refractivity contribution >= 4 is 0 Å². The molecule has 1 fully saturated rings. The van der Waals surface area contributed by atoms with E-state index >= 15 is 0 Å². The molecule has 1 aliphatic heterocycles. The van der Waals surface area contributed by atoms with Crippen LogP contribution in [0.3, 0.4) is 0 Å². The van der Waals surface area contributed by atoms with Gasteiger partial charge in [0.1, 0.15) is 11.9 Å². The Morgan fingerprint density at radius 2 is 2.37 bits per heavy atom. The van der Waals surface area contributed by atoms with E-state index in [0.717, 1.165) is 19.4 Å². The number of nitrogens with two attached hydrogens (primary N) is 1. The zero-order valence-electron chi connectivity index (χ0n) is 10.3. The molecule has 1 aromatic carbocycles. The predicted octanol–water partition coefficient (Wildman–Crippen LogP) is 1.63. The van der Waals surface area contributed by atoms with Crippen LogP contribution in [0.1, 0.15) is 24.8 Å². The monoisotopic (exact) mass is 262 g/mol. The smallest absolute Gasteiger partial charge is 0.245 e. The van der Waals surface area contributed by atoms with Crippen LogP contribution < -0.4 is 11.1 Å². The number of aromatic nitrogens is 2. The van der Waals surface area contributed by atoms with Crippen molar-refractivity contribution < 1.29 is 8.91 Å². The van der Waals surface area contributed by atoms with Crippen LogP contribution in [0.25, 0.3) is 11.4 Å². The summed E-state index contributed by atoms with van der Waals surface area (Å²) in [4.78, 5) is 4.26. The van der Waals surface area contributed by atoms with Gasteiger partial charge >= 0.3 is 0 Å². The summed E-state index contributed by atoms with van der Waals surface area (Å²) < 4.78 is 18.3. The Balaban J connectivity index is 1.82. The summed E-state index contributed by atoms with van der Waals surface area (Å²) in [5, 5.41) is 7.16. The minimum Gasteiger partial charge on any atom is -0.337 e. The molecule has 0 amide bonds. The van der Waals surface area contributed by atoms with E-state index in [-0.39, 0.29) is 17.9 Å². The minimum atomic E-state index is -0.328. The number of nitrogens with zero attached hydrogens (tertiary/aromatic N) is 2. The molecule has 5 nitrogen and oxygen atoms in total. The van der Waals surface area contributed by atoms with Crippen LogP contribution in [-0.2, 0) is 0 Å². The topological polar surface area (TPSA) is 77.0 Å². The molecule has 3 N–H and O–H groups in total. The summed E-state index contributed by atoms with van der Waals surface area (Å²) in [6.07, 6.45) is 2.10. The summed E-state index contributed by atoms with van der Waals surface area (Å²) in [5.41, 5.74) is 6.67. The van der Waals surface area contributed by atoms with Gasteiger partial charge in [0.2, 0.25) is 11.7 Å². The van der Waals surface area contributed by atoms with Crippen LogP contribution in [0.2, 0.25) is 0 Å². The summed E-state index contributed by atoms with van der Waals surface area (Å²) in [7, 11) is 0. The van der Waals surface area contributed by atoms with Gasteiger partial charge in [-0.25, -0.2) is 4.39 Å². The molecule has 100 valence electrons. The molecule has 0 saturated carbocycles. The molecule has 2 heterocycles. The maximum Gasteiger partial charge on any atom is 0.245 e. The van der Waals surface area contributed by atoms with E-state index in [1.54, 1.807) is 12.1 Å². The highest BCUT2D eigenvalue weighted by atomic mass is 19.1. The van der Waals surface area contributed by atoms with Crippen LogP contribution in [-0.4, -0.2) is 22.7 Å². The number of benzene rings is 1. The van der Waals surface area contributed by atoms with E-state index in [2.05, 4.69) is 15.5 Å². The summed E-state index contributed by atoms with van der Waals surface area (Å²) in [6.45, 7) is 0.962. The maximum atomic E-state index is 13.1. The van der Waals surface area contributed by atoms with Gasteiger partial charge in [0.25, 0.3) is 0 Å². The molecule has 1 saturated heterocycles. The largest absolute Gasteiger partial charge is 0.337 e. The van der Waals surface area contributed by atoms with Gasteiger partial charge in [-0.05, 0) is 31.5 Å². The fraction of sp³-hybridized carbons (Fsp3) is 0.385. The SMILES string of the molecule is NC(c1nc(-c2cccc(F)c2)no1)[C@@H]1CCCN1. The van der Waals surface area contributed by atoms with Crippen molar-refractivity contribution in [3.63, 3.8) is 0 Å². The molecule has 1 aliphatic rings. The van der Waals surface area contributed by atoms with Crippen molar-refractivity contribution in [2.75, 3.05) is 6.54 Å². The third-order valence-corrected chi connectivity index (χ3v) is 3.34. The summed E-state index contributed by atoms with van der Waals surface area (Å²) in [6, 6.07) is 5.93. The van der Waals surface area contributed by atoms with Crippen molar-refractivity contribution in [1.29, 1.82) is 0 Å². The molecular formula is C13H15FN4O. The number of halogens is 1. The molecule has 3 rings (SSSR count). The molecule has 1 aromatic heterocycles. The molecule has 0 radical (unpaired) electrons. The van der Waals surface area contributed by atoms with Crippen molar-refractivity contribution in [1.82, 2.24) is 15.5 Å². The van der Waals surface area contributed by atoms with Gasteiger partial charge < -0.3 is 15.6 Å². The average molecular weight is 262 g/mol. The van der Waals surface area contributed by atoms with Crippen molar-refractivity contribution in [3.05, 3.63) is 36.0 Å². The van der Waals surface area contributed by atoms with Gasteiger partial charge in [0.05, 0.1) is 0 Å². The van der Waals surface area contributed by atoms with Gasteiger partial charge in [0, 0.05) is 11.6 Å². The normalized spacial score (nSPS) is 20.6. The van der Waals surface area contributed by atoms with E-state index in [1.165, 1.54) is 12.1 Å². The molecule has 2 atom stereocenters. The molecule has 0 aliphatic carbocycles. The minimum absolute atomic E-state index is 0.167. The lowest BCUT2D eigenvalue weighted by Gasteiger charge is -2.14. The summed E-state index contributed by atoms with van der Waals surface area (Å²) >= 11 is 0. The lowest BCUT2D eigenvalue weighted by atomic mass is 10.1. The number of hydrogen-bond donors (Lipinski definition) is 2. The Morgan fingerprint density at radius 1 is 1.47 bits per heavy atom. The van der Waals surface area contributed by atoms with Crippen LogP contribution in [0, 0.1) is 5.82 Å². The number of rotatable bonds is 3. The van der Waals surface area contributed by atoms with Crippen LogP contribution in [0.15, 0.2) is 28.8 Å². The van der Waals surface area contributed by atoms with E-state index in [1.807, 2.05) is 0 Å². The van der Waals surface area contributed by atoms with E-state index < -0.39 is 0 Å². The molecule has 6 heteroatoms. The Labute approximate surface area is 110 Å². The second kappa shape index (κ2) is 5.07. The highest BCUT2D eigenvalue weighted by Crippen LogP contribution is 2.22. The first-order chi connectivity index (χ1) is 9.24. The molecule has 1 unspecified atom stereocenters. The van der Waals surface area contributed by atoms with E-state index in [0.29, 0.717) is 17.3 Å². The highest BCUT2D eigenvalue weighted by molar-refractivity contribution is 5.53. The van der Waals surface area contributed by atoms with Crippen molar-refractivity contribution in [2.45, 2.75) is 24.9 Å². The predicted molar refractivity (Wildman–Crippen MR) is 67.6 cm³/mol. The van der Waals surface area contributed by atoms with Gasteiger partial charge in [0.15, 0.2) is 0 Å². The van der Waals surface area contributed by atoms with Gasteiger partial charge in [-0.1, -0.05) is 17.3 Å². The van der Waals surface area contributed by atoms with Crippen molar-refractivity contribution in [3.8, 4) is 11.4 Å². The third-order valence-electron chi connectivity index (χ3n) is 3.34. The quantitative estimate of drug-likeness (QED) is 0.879. The Bertz CT molecular complexity index is 565. The summed E-state index contributed by atoms with van der Waals surface area (Å²) in [5.74, 6) is 0.423. The van der Waals surface area contributed by atoms with Crippen LogP contribution in [0.4, 0.5) is 4.39 Å². The van der Waals surface area contributed by atoms with Gasteiger partial charge in [-0.2, -0.15) is 4.98 Å². The zero-order chi connectivity index (χ0) is 13.2. The van der Waals surface area contributed by atoms with Gasteiger partial charge in [-0.15, -0.1) is 0 Å². The molecule has 19 heavy (non-hydrogen) atoms. The molecule has 0 spiro atoms.